The Kier molecular flexibility index (Phi) is 5.38. The Morgan fingerprint density at radius 3 is 2.75 bits per heavy atom. The van der Waals surface area contributed by atoms with Crippen molar-refractivity contribution >= 4 is 18.3 Å². The molecule has 0 spiro atoms. The predicted molar refractivity (Wildman–Crippen MR) is 80.8 cm³/mol. The minimum Gasteiger partial charge on any atom is -0.335 e. The van der Waals surface area contributed by atoms with E-state index < -0.39 is 0 Å². The van der Waals surface area contributed by atoms with Crippen molar-refractivity contribution in [2.75, 3.05) is 19.6 Å². The van der Waals surface area contributed by atoms with E-state index >= 15 is 0 Å². The number of pyridine rings is 1. The van der Waals surface area contributed by atoms with Crippen LogP contribution < -0.4 is 5.32 Å². The quantitative estimate of drug-likeness (QED) is 0.909. The number of amides is 1. The van der Waals surface area contributed by atoms with Gasteiger partial charge in [0, 0.05) is 25.5 Å². The van der Waals surface area contributed by atoms with Crippen molar-refractivity contribution in [2.45, 2.75) is 31.7 Å². The first-order valence-electron chi connectivity index (χ1n) is 7.27. The highest BCUT2D eigenvalue weighted by Crippen LogP contribution is 2.33. The van der Waals surface area contributed by atoms with Crippen molar-refractivity contribution in [1.82, 2.24) is 15.2 Å². The molecule has 0 saturated carbocycles. The molecule has 5 heteroatoms. The number of nitrogens with one attached hydrogen (secondary N) is 1. The summed E-state index contributed by atoms with van der Waals surface area (Å²) in [5.41, 5.74) is 1.23. The van der Waals surface area contributed by atoms with Crippen molar-refractivity contribution in [3.63, 3.8) is 0 Å². The second-order valence-corrected chi connectivity index (χ2v) is 5.51. The number of piperidine rings is 1. The molecule has 1 aromatic rings. The maximum Gasteiger partial charge on any atom is 0.227 e. The summed E-state index contributed by atoms with van der Waals surface area (Å²) in [5.74, 6) is 0.516. The highest BCUT2D eigenvalue weighted by atomic mass is 35.5. The van der Waals surface area contributed by atoms with Gasteiger partial charge in [0.1, 0.15) is 0 Å². The molecule has 1 amide bonds. The van der Waals surface area contributed by atoms with E-state index in [1.54, 1.807) is 0 Å². The number of likely N-dealkylation sites (tertiary alicyclic amines) is 1. The van der Waals surface area contributed by atoms with E-state index in [2.05, 4.69) is 15.2 Å². The number of hydrogen-bond donors (Lipinski definition) is 1. The molecule has 2 unspecified atom stereocenters. The Bertz CT molecular complexity index is 434. The normalized spacial score (nSPS) is 26.1. The van der Waals surface area contributed by atoms with Crippen LogP contribution in [0.15, 0.2) is 24.5 Å². The maximum absolute atomic E-state index is 12.7. The Morgan fingerprint density at radius 1 is 1.25 bits per heavy atom. The lowest BCUT2D eigenvalue weighted by Gasteiger charge is -2.31. The molecular weight excluding hydrogens is 274 g/mol. The Morgan fingerprint density at radius 2 is 2.05 bits per heavy atom. The summed E-state index contributed by atoms with van der Waals surface area (Å²) >= 11 is 0. The lowest BCUT2D eigenvalue weighted by molar-refractivity contribution is -0.137. The third kappa shape index (κ3) is 3.13. The molecule has 3 heterocycles. The van der Waals surface area contributed by atoms with Gasteiger partial charge in [0.2, 0.25) is 5.91 Å². The molecule has 1 N–H and O–H groups in total. The molecule has 0 aliphatic carbocycles. The molecule has 2 atom stereocenters. The standard InChI is InChI=1S/C15H21N3O.ClH/c19-15(13-3-1-7-17-11-13)18-10-2-4-14(18)12-5-8-16-9-6-12;/h5-6,8-9,13-14,17H,1-4,7,10-11H2;1H. The first kappa shape index (κ1) is 15.3. The molecule has 0 radical (unpaired) electrons. The fourth-order valence-corrected chi connectivity index (χ4v) is 3.26. The van der Waals surface area contributed by atoms with Gasteiger partial charge in [-0.2, -0.15) is 0 Å². The van der Waals surface area contributed by atoms with Gasteiger partial charge >= 0.3 is 0 Å². The van der Waals surface area contributed by atoms with Crippen LogP contribution in [0.3, 0.4) is 0 Å². The average molecular weight is 296 g/mol. The highest BCUT2D eigenvalue weighted by Gasteiger charge is 2.34. The molecule has 1 aromatic heterocycles. The molecule has 2 saturated heterocycles. The highest BCUT2D eigenvalue weighted by molar-refractivity contribution is 5.85. The van der Waals surface area contributed by atoms with Gasteiger partial charge in [-0.1, -0.05) is 0 Å². The third-order valence-electron chi connectivity index (χ3n) is 4.27. The van der Waals surface area contributed by atoms with Gasteiger partial charge < -0.3 is 10.2 Å². The van der Waals surface area contributed by atoms with Crippen LogP contribution >= 0.6 is 12.4 Å². The van der Waals surface area contributed by atoms with E-state index in [-0.39, 0.29) is 24.4 Å². The van der Waals surface area contributed by atoms with Crippen LogP contribution in [0.25, 0.3) is 0 Å². The zero-order valence-electron chi connectivity index (χ0n) is 11.6. The SMILES string of the molecule is Cl.O=C(C1CCCNC1)N1CCCC1c1ccncc1. The lowest BCUT2D eigenvalue weighted by Crippen LogP contribution is -2.42. The molecular formula is C15H22ClN3O. The first-order chi connectivity index (χ1) is 9.36. The van der Waals surface area contributed by atoms with Crippen LogP contribution in [-0.4, -0.2) is 35.4 Å². The molecule has 2 aliphatic heterocycles. The van der Waals surface area contributed by atoms with E-state index in [0.29, 0.717) is 5.91 Å². The second kappa shape index (κ2) is 7.04. The van der Waals surface area contributed by atoms with E-state index in [9.17, 15) is 4.79 Å². The minimum atomic E-state index is 0. The van der Waals surface area contributed by atoms with E-state index in [1.807, 2.05) is 24.5 Å². The van der Waals surface area contributed by atoms with Crippen LogP contribution in [0.1, 0.15) is 37.3 Å². The molecule has 4 nitrogen and oxygen atoms in total. The fraction of sp³-hybridized carbons (Fsp3) is 0.600. The topological polar surface area (TPSA) is 45.2 Å². The van der Waals surface area contributed by atoms with Gasteiger partial charge in [0.25, 0.3) is 0 Å². The van der Waals surface area contributed by atoms with Crippen molar-refractivity contribution in [2.24, 2.45) is 5.92 Å². The van der Waals surface area contributed by atoms with Gasteiger partial charge in [-0.3, -0.25) is 9.78 Å². The number of rotatable bonds is 2. The second-order valence-electron chi connectivity index (χ2n) is 5.51. The van der Waals surface area contributed by atoms with E-state index in [4.69, 9.17) is 0 Å². The molecule has 2 fully saturated rings. The summed E-state index contributed by atoms with van der Waals surface area (Å²) < 4.78 is 0. The van der Waals surface area contributed by atoms with Crippen molar-refractivity contribution in [3.8, 4) is 0 Å². The third-order valence-corrected chi connectivity index (χ3v) is 4.27. The smallest absolute Gasteiger partial charge is 0.227 e. The van der Waals surface area contributed by atoms with Crippen LogP contribution in [0.5, 0.6) is 0 Å². The van der Waals surface area contributed by atoms with Gasteiger partial charge in [0.15, 0.2) is 0 Å². The van der Waals surface area contributed by atoms with Crippen molar-refractivity contribution in [3.05, 3.63) is 30.1 Å². The summed E-state index contributed by atoms with van der Waals surface area (Å²) in [5, 5.41) is 3.34. The molecule has 20 heavy (non-hydrogen) atoms. The Hall–Kier alpha value is -1.13. The molecule has 0 bridgehead atoms. The van der Waals surface area contributed by atoms with Gasteiger partial charge in [-0.05, 0) is 49.9 Å². The largest absolute Gasteiger partial charge is 0.335 e. The Balaban J connectivity index is 0.00000147. The number of carbonyl (C=O) groups is 1. The fourth-order valence-electron chi connectivity index (χ4n) is 3.26. The zero-order valence-corrected chi connectivity index (χ0v) is 12.4. The minimum absolute atomic E-state index is 0. The molecule has 0 aromatic carbocycles. The maximum atomic E-state index is 12.7. The lowest BCUT2D eigenvalue weighted by atomic mass is 9.97. The van der Waals surface area contributed by atoms with E-state index in [1.165, 1.54) is 5.56 Å². The monoisotopic (exact) mass is 295 g/mol. The summed E-state index contributed by atoms with van der Waals surface area (Å²) in [4.78, 5) is 18.8. The molecule has 110 valence electrons. The number of hydrogen-bond acceptors (Lipinski definition) is 3. The number of halogens is 1. The summed E-state index contributed by atoms with van der Waals surface area (Å²) in [7, 11) is 0. The number of nitrogens with zero attached hydrogens (tertiary/aromatic N) is 2. The van der Waals surface area contributed by atoms with Crippen LogP contribution in [0.2, 0.25) is 0 Å². The molecule has 3 rings (SSSR count). The van der Waals surface area contributed by atoms with Gasteiger partial charge in [-0.25, -0.2) is 0 Å². The Labute approximate surface area is 126 Å². The first-order valence-corrected chi connectivity index (χ1v) is 7.27. The van der Waals surface area contributed by atoms with Crippen LogP contribution in [0.4, 0.5) is 0 Å². The summed E-state index contributed by atoms with van der Waals surface area (Å²) in [6.07, 6.45) is 7.97. The summed E-state index contributed by atoms with van der Waals surface area (Å²) in [6, 6.07) is 4.34. The van der Waals surface area contributed by atoms with Crippen molar-refractivity contribution in [1.29, 1.82) is 0 Å². The molecule has 2 aliphatic rings. The van der Waals surface area contributed by atoms with Crippen LogP contribution in [-0.2, 0) is 4.79 Å². The zero-order chi connectivity index (χ0) is 13.1. The van der Waals surface area contributed by atoms with E-state index in [0.717, 1.165) is 45.3 Å². The predicted octanol–water partition coefficient (Wildman–Crippen LogP) is 2.17. The van der Waals surface area contributed by atoms with Gasteiger partial charge in [-0.15, -0.1) is 12.4 Å². The number of aromatic nitrogens is 1. The van der Waals surface area contributed by atoms with Gasteiger partial charge in [0.05, 0.1) is 12.0 Å². The average Bonchev–Trinajstić information content (AvgIpc) is 2.98. The summed E-state index contributed by atoms with van der Waals surface area (Å²) in [6.45, 7) is 2.80. The van der Waals surface area contributed by atoms with Crippen LogP contribution in [0, 0.1) is 5.92 Å². The van der Waals surface area contributed by atoms with Crippen molar-refractivity contribution < 1.29 is 4.79 Å². The number of carbonyl (C=O) groups excluding carboxylic acids is 1.